The second kappa shape index (κ2) is 15.4. The Morgan fingerprint density at radius 2 is 1.01 bits per heavy atom. The molecule has 6 unspecified atom stereocenters. The van der Waals surface area contributed by atoms with Crippen molar-refractivity contribution in [3.05, 3.63) is 240 Å². The second-order valence-corrected chi connectivity index (χ2v) is 24.8. The first-order chi connectivity index (χ1) is 37.7. The smallest absolute Gasteiger partial charge is 0.0726 e. The van der Waals surface area contributed by atoms with E-state index in [0.717, 1.165) is 0 Å². The van der Waals surface area contributed by atoms with Gasteiger partial charge in [0.1, 0.15) is 0 Å². The summed E-state index contributed by atoms with van der Waals surface area (Å²) in [6.07, 6.45) is 8.63. The van der Waals surface area contributed by atoms with Crippen LogP contribution in [0, 0.1) is 5.92 Å². The number of hydrogen-bond acceptors (Lipinski definition) is 2. The number of rotatable bonds is 4. The van der Waals surface area contributed by atoms with Crippen molar-refractivity contribution in [2.24, 2.45) is 5.92 Å². The molecule has 2 heteroatoms. The molecule has 0 N–H and O–H groups in total. The number of fused-ring (bicyclic) bond motifs is 17. The van der Waals surface area contributed by atoms with Crippen LogP contribution in [0.2, 0.25) is 0 Å². The molecule has 2 aliphatic heterocycles. The normalized spacial score (nSPS) is 25.2. The van der Waals surface area contributed by atoms with E-state index in [1.807, 2.05) is 0 Å². The van der Waals surface area contributed by atoms with Crippen LogP contribution >= 0.6 is 0 Å². The number of anilines is 4. The highest BCUT2D eigenvalue weighted by Gasteiger charge is 2.58. The van der Waals surface area contributed by atoms with Gasteiger partial charge in [0.05, 0.1) is 11.0 Å². The van der Waals surface area contributed by atoms with Crippen LogP contribution in [0.25, 0.3) is 76.8 Å². The summed E-state index contributed by atoms with van der Waals surface area (Å²) in [5, 5.41) is 8.03. The molecule has 17 rings (SSSR count). The highest BCUT2D eigenvalue weighted by Crippen LogP contribution is 2.67. The minimum atomic E-state index is -0.556. The molecule has 2 saturated carbocycles. The van der Waals surface area contributed by atoms with Crippen molar-refractivity contribution in [2.45, 2.75) is 100 Å². The highest BCUT2D eigenvalue weighted by molar-refractivity contribution is 6.27. The molecule has 1 spiro atoms. The van der Waals surface area contributed by atoms with E-state index in [0.29, 0.717) is 11.8 Å². The molecule has 0 radical (unpaired) electrons. The molecule has 2 heterocycles. The van der Waals surface area contributed by atoms with E-state index in [2.05, 4.69) is 244 Å². The minimum Gasteiger partial charge on any atom is -0.335 e. The summed E-state index contributed by atoms with van der Waals surface area (Å²) < 4.78 is 0. The topological polar surface area (TPSA) is 6.48 Å². The van der Waals surface area contributed by atoms with Gasteiger partial charge in [-0.05, 0) is 222 Å². The Kier molecular flexibility index (Phi) is 8.83. The van der Waals surface area contributed by atoms with E-state index in [4.69, 9.17) is 0 Å². The van der Waals surface area contributed by atoms with Gasteiger partial charge in [-0.15, -0.1) is 0 Å². The van der Waals surface area contributed by atoms with Crippen LogP contribution in [0.5, 0.6) is 0 Å². The lowest BCUT2D eigenvalue weighted by Gasteiger charge is -2.50. The lowest BCUT2D eigenvalue weighted by molar-refractivity contribution is 0.195. The van der Waals surface area contributed by atoms with Crippen LogP contribution in [0.4, 0.5) is 22.7 Å². The molecule has 11 aromatic rings. The van der Waals surface area contributed by atoms with Gasteiger partial charge in [0.2, 0.25) is 0 Å². The monoisotopic (exact) mass is 990 g/mol. The minimum absolute atomic E-state index is 0.00973. The van der Waals surface area contributed by atoms with Gasteiger partial charge in [0.15, 0.2) is 0 Å². The zero-order valence-electron chi connectivity index (χ0n) is 44.6. The Morgan fingerprint density at radius 3 is 1.74 bits per heavy atom. The molecule has 372 valence electrons. The summed E-state index contributed by atoms with van der Waals surface area (Å²) >= 11 is 0. The van der Waals surface area contributed by atoms with Crippen LogP contribution in [-0.2, 0) is 10.8 Å². The zero-order chi connectivity index (χ0) is 51.2. The van der Waals surface area contributed by atoms with Gasteiger partial charge >= 0.3 is 0 Å². The quantitative estimate of drug-likeness (QED) is 0.162. The first-order valence-electron chi connectivity index (χ1n) is 28.8. The van der Waals surface area contributed by atoms with Crippen LogP contribution in [-0.4, -0.2) is 11.1 Å². The standard InChI is InChI=1S/C75H62N2/c1-46-17-16-39-73(3)71(46)60-41-49(31-36-66(60)76(73)54-20-7-5-8-21-54)50-29-33-56-57-34-30-51(52-32-37-67-64(44-52)72(2)38-13-14-40-74(72,4)77(67)55-22-9-6-10-23-55)43-63(57)75(62(56)42-50)61-25-12-11-24-58(61)70-59-35-28-48-19-15-18-47-26-27-53(45-65(70)75)69(59)68(47)48/h5-12,15,18-37,41-46,71H,13-14,16-17,38-40H2,1-4H3. The zero-order valence-corrected chi connectivity index (χ0v) is 44.6. The van der Waals surface area contributed by atoms with Gasteiger partial charge in [0.25, 0.3) is 0 Å². The Labute approximate surface area is 453 Å². The van der Waals surface area contributed by atoms with Gasteiger partial charge in [0, 0.05) is 39.6 Å². The van der Waals surface area contributed by atoms with E-state index in [1.54, 1.807) is 0 Å². The van der Waals surface area contributed by atoms with E-state index in [9.17, 15) is 0 Å². The predicted molar refractivity (Wildman–Crippen MR) is 323 cm³/mol. The molecular weight excluding hydrogens is 929 g/mol. The molecule has 0 saturated heterocycles. The van der Waals surface area contributed by atoms with Crippen molar-refractivity contribution >= 4 is 55.1 Å². The van der Waals surface area contributed by atoms with Gasteiger partial charge in [-0.25, -0.2) is 0 Å². The Balaban J connectivity index is 0.899. The van der Waals surface area contributed by atoms with Crippen molar-refractivity contribution in [1.29, 1.82) is 0 Å². The average molecular weight is 991 g/mol. The number of hydrogen-bond donors (Lipinski definition) is 0. The second-order valence-electron chi connectivity index (χ2n) is 24.8. The third kappa shape index (κ3) is 5.52. The molecule has 0 aromatic heterocycles. The Hall–Kier alpha value is -7.94. The summed E-state index contributed by atoms with van der Waals surface area (Å²) in [5.41, 5.74) is 24.0. The van der Waals surface area contributed by atoms with Gasteiger partial charge < -0.3 is 9.80 Å². The van der Waals surface area contributed by atoms with Gasteiger partial charge in [-0.2, -0.15) is 0 Å². The van der Waals surface area contributed by atoms with Crippen molar-refractivity contribution in [3.63, 3.8) is 0 Å². The van der Waals surface area contributed by atoms with Crippen LogP contribution < -0.4 is 9.80 Å². The van der Waals surface area contributed by atoms with Crippen LogP contribution in [0.3, 0.4) is 0 Å². The third-order valence-corrected chi connectivity index (χ3v) is 21.3. The molecule has 6 aliphatic rings. The van der Waals surface area contributed by atoms with E-state index in [1.165, 1.54) is 178 Å². The first-order valence-corrected chi connectivity index (χ1v) is 28.8. The number of nitrogens with zero attached hydrogens (tertiary/aromatic N) is 2. The van der Waals surface area contributed by atoms with Gasteiger partial charge in [-0.3, -0.25) is 0 Å². The molecular formula is C75H62N2. The molecule has 0 bridgehead atoms. The molecule has 2 nitrogen and oxygen atoms in total. The largest absolute Gasteiger partial charge is 0.335 e. The van der Waals surface area contributed by atoms with Gasteiger partial charge in [-0.1, -0.05) is 173 Å². The SMILES string of the molecule is CC1CCCC2(C)C1c1cc(-c3ccc4c(c3)C3(c5cc(-c6ccc7c(c6)C6(C)CCCCC6(C)N7c6ccccc6)ccc5-4)c4ccccc4-c4c3cc3ccc5cccc6ccc4c3c56)ccc1N2c1ccccc1. The first kappa shape index (κ1) is 44.2. The summed E-state index contributed by atoms with van der Waals surface area (Å²) in [5.74, 6) is 1.05. The molecule has 0 amide bonds. The van der Waals surface area contributed by atoms with E-state index >= 15 is 0 Å². The van der Waals surface area contributed by atoms with Crippen LogP contribution in [0.15, 0.2) is 206 Å². The van der Waals surface area contributed by atoms with Crippen molar-refractivity contribution in [3.8, 4) is 44.5 Å². The molecule has 6 atom stereocenters. The number of benzene rings is 11. The maximum Gasteiger partial charge on any atom is 0.0726 e. The molecule has 4 aliphatic carbocycles. The van der Waals surface area contributed by atoms with Crippen molar-refractivity contribution < 1.29 is 0 Å². The molecule has 2 fully saturated rings. The Bertz CT molecular complexity index is 4290. The van der Waals surface area contributed by atoms with Crippen molar-refractivity contribution in [1.82, 2.24) is 0 Å². The fraction of sp³-hybridized carbons (Fsp3) is 0.227. The maximum atomic E-state index is 2.70. The summed E-state index contributed by atoms with van der Waals surface area (Å²) in [7, 11) is 0. The summed E-state index contributed by atoms with van der Waals surface area (Å²) in [6.45, 7) is 10.2. The maximum absolute atomic E-state index is 2.70. The molecule has 77 heavy (non-hydrogen) atoms. The summed E-state index contributed by atoms with van der Waals surface area (Å²) in [6, 6.07) is 80.9. The third-order valence-electron chi connectivity index (χ3n) is 21.3. The van der Waals surface area contributed by atoms with E-state index < -0.39 is 5.41 Å². The Morgan fingerprint density at radius 1 is 0.416 bits per heavy atom. The predicted octanol–water partition coefficient (Wildman–Crippen LogP) is 19.8. The highest BCUT2D eigenvalue weighted by atomic mass is 15.3. The number of para-hydroxylation sites is 2. The fourth-order valence-electron chi connectivity index (χ4n) is 17.8. The van der Waals surface area contributed by atoms with Crippen LogP contribution in [0.1, 0.15) is 112 Å². The average Bonchev–Trinajstić information content (AvgIpc) is 3.34. The van der Waals surface area contributed by atoms with E-state index in [-0.39, 0.29) is 16.5 Å². The lowest BCUT2D eigenvalue weighted by Crippen LogP contribution is -2.54. The molecule has 11 aromatic carbocycles. The van der Waals surface area contributed by atoms with Crippen molar-refractivity contribution in [2.75, 3.05) is 9.80 Å². The summed E-state index contributed by atoms with van der Waals surface area (Å²) in [4.78, 5) is 5.41. The fourth-order valence-corrected chi connectivity index (χ4v) is 17.8. The lowest BCUT2D eigenvalue weighted by atomic mass is 9.61.